The second-order valence-electron chi connectivity index (χ2n) is 6.61. The van der Waals surface area contributed by atoms with Crippen molar-refractivity contribution >= 4 is 0 Å². The van der Waals surface area contributed by atoms with Gasteiger partial charge in [0.15, 0.2) is 12.6 Å². The molecule has 10 heteroatoms. The molecule has 9 atom stereocenters. The minimum atomic E-state index is -0.746. The van der Waals surface area contributed by atoms with Crippen LogP contribution in [0.2, 0.25) is 0 Å². The highest BCUT2D eigenvalue weighted by atomic mass is 16.8. The number of rotatable bonds is 10. The average molecular weight is 410 g/mol. The normalized spacial score (nSPS) is 41.9. The van der Waals surface area contributed by atoms with Crippen molar-refractivity contribution in [2.24, 2.45) is 0 Å². The second-order valence-corrected chi connectivity index (χ2v) is 6.61. The molecule has 0 amide bonds. The van der Waals surface area contributed by atoms with Gasteiger partial charge in [-0.15, -0.1) is 0 Å². The van der Waals surface area contributed by atoms with Crippen molar-refractivity contribution in [1.29, 1.82) is 0 Å². The Morgan fingerprint density at radius 1 is 0.643 bits per heavy atom. The monoisotopic (exact) mass is 410 g/mol. The molecule has 0 aliphatic carbocycles. The summed E-state index contributed by atoms with van der Waals surface area (Å²) >= 11 is 0. The summed E-state index contributed by atoms with van der Waals surface area (Å²) < 4.78 is 56.7. The highest BCUT2D eigenvalue weighted by Gasteiger charge is 2.50. The number of hydrogen-bond donors (Lipinski definition) is 0. The Kier molecular flexibility index (Phi) is 9.98. The molecule has 2 aliphatic heterocycles. The predicted molar refractivity (Wildman–Crippen MR) is 96.1 cm³/mol. The average Bonchev–Trinajstić information content (AvgIpc) is 2.72. The summed E-state index contributed by atoms with van der Waals surface area (Å²) in [6.07, 6.45) is -4.36. The van der Waals surface area contributed by atoms with E-state index in [1.54, 1.807) is 49.8 Å². The van der Waals surface area contributed by atoms with Gasteiger partial charge in [-0.05, 0) is 0 Å². The molecule has 2 saturated heterocycles. The van der Waals surface area contributed by atoms with E-state index in [0.717, 1.165) is 0 Å². The molecular weight excluding hydrogens is 376 g/mol. The first-order chi connectivity index (χ1) is 13.6. The molecular formula is C18H34O10. The van der Waals surface area contributed by atoms with E-state index < -0.39 is 49.2 Å². The molecule has 0 aromatic heterocycles. The highest BCUT2D eigenvalue weighted by molar-refractivity contribution is 4.94. The van der Waals surface area contributed by atoms with E-state index in [4.69, 9.17) is 47.4 Å². The molecule has 10 nitrogen and oxygen atoms in total. The molecule has 0 aromatic rings. The standard InChI is InChI=1S/C18H34O10/c1-19-8-10-12(20-2)14(22-4)16(24-6)18(27-10)28-11-9-26-17(25-7)15(23-5)13(11)21-3/h10-18H,8-9H2,1-7H3/t10-,11-,12+,13+,14+,15-,16-,17+,18+/m1/s1. The van der Waals surface area contributed by atoms with Gasteiger partial charge in [-0.25, -0.2) is 0 Å². The van der Waals surface area contributed by atoms with Crippen LogP contribution in [-0.2, 0) is 47.4 Å². The molecule has 0 N–H and O–H groups in total. The lowest BCUT2D eigenvalue weighted by Gasteiger charge is -2.47. The first-order valence-electron chi connectivity index (χ1n) is 9.18. The summed E-state index contributed by atoms with van der Waals surface area (Å²) in [6, 6.07) is 0. The van der Waals surface area contributed by atoms with Gasteiger partial charge in [0.25, 0.3) is 0 Å². The molecule has 166 valence electrons. The van der Waals surface area contributed by atoms with E-state index in [9.17, 15) is 0 Å². The fraction of sp³-hybridized carbons (Fsp3) is 1.00. The maximum atomic E-state index is 6.24. The quantitative estimate of drug-likeness (QED) is 0.483. The largest absolute Gasteiger partial charge is 0.382 e. The van der Waals surface area contributed by atoms with Crippen molar-refractivity contribution in [2.75, 3.05) is 63.0 Å². The van der Waals surface area contributed by atoms with Crippen molar-refractivity contribution in [1.82, 2.24) is 0 Å². The zero-order valence-corrected chi connectivity index (χ0v) is 17.7. The third-order valence-electron chi connectivity index (χ3n) is 5.21. The van der Waals surface area contributed by atoms with Gasteiger partial charge in [0, 0.05) is 49.8 Å². The Morgan fingerprint density at radius 3 is 1.71 bits per heavy atom. The van der Waals surface area contributed by atoms with Gasteiger partial charge in [0.1, 0.15) is 42.7 Å². The Bertz CT molecular complexity index is 439. The molecule has 0 spiro atoms. The number of methoxy groups -OCH3 is 7. The number of ether oxygens (including phenoxy) is 10. The van der Waals surface area contributed by atoms with Crippen molar-refractivity contribution < 1.29 is 47.4 Å². The van der Waals surface area contributed by atoms with E-state index in [1.807, 2.05) is 0 Å². The van der Waals surface area contributed by atoms with Gasteiger partial charge in [-0.3, -0.25) is 0 Å². The van der Waals surface area contributed by atoms with Crippen LogP contribution in [0.4, 0.5) is 0 Å². The SMILES string of the molecule is COC[C@H]1O[C@@H](O[C@@H]2CO[C@H](OC)[C@H](OC)[C@H]2OC)[C@H](OC)[C@@H](OC)[C@H]1OC. The molecule has 0 aromatic carbocycles. The predicted octanol–water partition coefficient (Wildman–Crippen LogP) is -0.179. The third kappa shape index (κ3) is 5.01. The third-order valence-corrected chi connectivity index (χ3v) is 5.21. The molecule has 0 saturated carbocycles. The van der Waals surface area contributed by atoms with Crippen LogP contribution in [0.5, 0.6) is 0 Å². The lowest BCUT2D eigenvalue weighted by atomic mass is 9.98. The van der Waals surface area contributed by atoms with E-state index >= 15 is 0 Å². The van der Waals surface area contributed by atoms with Gasteiger partial charge in [0.2, 0.25) is 0 Å². The van der Waals surface area contributed by atoms with Crippen LogP contribution in [0, 0.1) is 0 Å². The van der Waals surface area contributed by atoms with E-state index in [0.29, 0.717) is 6.61 Å². The topological polar surface area (TPSA) is 92.3 Å². The first-order valence-corrected chi connectivity index (χ1v) is 9.18. The Hall–Kier alpha value is -0.400. The second kappa shape index (κ2) is 11.7. The van der Waals surface area contributed by atoms with Gasteiger partial charge in [-0.1, -0.05) is 0 Å². The Balaban J connectivity index is 2.19. The van der Waals surface area contributed by atoms with Crippen LogP contribution < -0.4 is 0 Å². The number of hydrogen-bond acceptors (Lipinski definition) is 10. The highest BCUT2D eigenvalue weighted by Crippen LogP contribution is 2.31. The van der Waals surface area contributed by atoms with Crippen LogP contribution >= 0.6 is 0 Å². The fourth-order valence-corrected chi connectivity index (χ4v) is 3.86. The summed E-state index contributed by atoms with van der Waals surface area (Å²) in [5, 5.41) is 0. The minimum absolute atomic E-state index is 0.244. The molecule has 0 bridgehead atoms. The molecule has 0 unspecified atom stereocenters. The fourth-order valence-electron chi connectivity index (χ4n) is 3.86. The van der Waals surface area contributed by atoms with Gasteiger partial charge in [0.05, 0.1) is 13.2 Å². The first kappa shape index (κ1) is 23.9. The van der Waals surface area contributed by atoms with Crippen molar-refractivity contribution in [3.05, 3.63) is 0 Å². The van der Waals surface area contributed by atoms with Crippen LogP contribution in [0.15, 0.2) is 0 Å². The van der Waals surface area contributed by atoms with Crippen LogP contribution in [0.3, 0.4) is 0 Å². The maximum Gasteiger partial charge on any atom is 0.187 e. The van der Waals surface area contributed by atoms with E-state index in [2.05, 4.69) is 0 Å². The summed E-state index contributed by atoms with van der Waals surface area (Å²) in [4.78, 5) is 0. The Labute approximate surface area is 166 Å². The van der Waals surface area contributed by atoms with Crippen molar-refractivity contribution in [3.8, 4) is 0 Å². The zero-order chi connectivity index (χ0) is 20.7. The van der Waals surface area contributed by atoms with E-state index in [1.165, 1.54) is 0 Å². The molecule has 2 heterocycles. The lowest BCUT2D eigenvalue weighted by Crippen LogP contribution is -2.64. The summed E-state index contributed by atoms with van der Waals surface area (Å²) in [5.41, 5.74) is 0. The van der Waals surface area contributed by atoms with Crippen molar-refractivity contribution in [3.63, 3.8) is 0 Å². The van der Waals surface area contributed by atoms with Crippen LogP contribution in [0.1, 0.15) is 0 Å². The summed E-state index contributed by atoms with van der Waals surface area (Å²) in [6.45, 7) is 0.559. The maximum absolute atomic E-state index is 6.24. The molecule has 0 radical (unpaired) electrons. The van der Waals surface area contributed by atoms with Gasteiger partial charge >= 0.3 is 0 Å². The molecule has 2 aliphatic rings. The Morgan fingerprint density at radius 2 is 1.21 bits per heavy atom. The lowest BCUT2D eigenvalue weighted by molar-refractivity contribution is -0.351. The minimum Gasteiger partial charge on any atom is -0.382 e. The summed E-state index contributed by atoms with van der Waals surface area (Å²) in [5.74, 6) is 0. The van der Waals surface area contributed by atoms with Crippen LogP contribution in [-0.4, -0.2) is 118 Å². The van der Waals surface area contributed by atoms with Crippen molar-refractivity contribution in [2.45, 2.75) is 55.3 Å². The van der Waals surface area contributed by atoms with Crippen LogP contribution in [0.25, 0.3) is 0 Å². The van der Waals surface area contributed by atoms with E-state index in [-0.39, 0.29) is 12.7 Å². The summed E-state index contributed by atoms with van der Waals surface area (Å²) in [7, 11) is 11.1. The zero-order valence-electron chi connectivity index (χ0n) is 17.7. The molecule has 28 heavy (non-hydrogen) atoms. The smallest absolute Gasteiger partial charge is 0.187 e. The van der Waals surface area contributed by atoms with Gasteiger partial charge in [-0.2, -0.15) is 0 Å². The molecule has 2 rings (SSSR count). The van der Waals surface area contributed by atoms with Gasteiger partial charge < -0.3 is 47.4 Å². The molecule has 2 fully saturated rings.